The highest BCUT2D eigenvalue weighted by Gasteiger charge is 2.40. The molecule has 3 rings (SSSR count). The molecule has 5 heteroatoms. The molecule has 2 N–H and O–H groups in total. The van der Waals surface area contributed by atoms with Crippen LogP contribution in [0.3, 0.4) is 0 Å². The second-order valence-electron chi connectivity index (χ2n) is 5.95. The summed E-state index contributed by atoms with van der Waals surface area (Å²) >= 11 is 0. The van der Waals surface area contributed by atoms with Crippen LogP contribution in [0.5, 0.6) is 0 Å². The minimum absolute atomic E-state index is 0.0810. The van der Waals surface area contributed by atoms with E-state index in [0.29, 0.717) is 17.4 Å². The second kappa shape index (κ2) is 4.79. The zero-order valence-electron chi connectivity index (χ0n) is 11.2. The molecule has 0 radical (unpaired) electrons. The van der Waals surface area contributed by atoms with Crippen LogP contribution < -0.4 is 5.73 Å². The van der Waals surface area contributed by atoms with Crippen LogP contribution in [0.25, 0.3) is 0 Å². The molecule has 0 aromatic carbocycles. The van der Waals surface area contributed by atoms with Crippen LogP contribution in [0.1, 0.15) is 36.2 Å². The molecule has 0 aliphatic heterocycles. The number of carbonyl (C=O) groups excluding carboxylic acids is 1. The summed E-state index contributed by atoms with van der Waals surface area (Å²) in [6.45, 7) is 0.830. The summed E-state index contributed by atoms with van der Waals surface area (Å²) < 4.78 is 0. The number of hydrogen-bond donors (Lipinski definition) is 1. The van der Waals surface area contributed by atoms with Gasteiger partial charge in [0.05, 0.1) is 12.4 Å². The van der Waals surface area contributed by atoms with E-state index in [9.17, 15) is 4.79 Å². The molecule has 2 aliphatic rings. The molecule has 1 aromatic heterocycles. The van der Waals surface area contributed by atoms with Gasteiger partial charge in [0.25, 0.3) is 5.91 Å². The normalized spacial score (nSPS) is 28.6. The van der Waals surface area contributed by atoms with E-state index < -0.39 is 0 Å². The van der Waals surface area contributed by atoms with Gasteiger partial charge < -0.3 is 10.6 Å². The summed E-state index contributed by atoms with van der Waals surface area (Å²) in [6, 6.07) is 0. The van der Waals surface area contributed by atoms with Gasteiger partial charge in [0.1, 0.15) is 11.5 Å². The Morgan fingerprint density at radius 1 is 1.42 bits per heavy atom. The lowest BCUT2D eigenvalue weighted by molar-refractivity contribution is 0.0748. The van der Waals surface area contributed by atoms with Crippen LogP contribution in [-0.4, -0.2) is 34.4 Å². The Morgan fingerprint density at radius 2 is 2.26 bits per heavy atom. The van der Waals surface area contributed by atoms with Crippen molar-refractivity contribution in [2.75, 3.05) is 19.3 Å². The SMILES string of the molecule is CN(CC1CC2CCC1C2)C(=O)c1cncc(N)n1. The molecule has 19 heavy (non-hydrogen) atoms. The Morgan fingerprint density at radius 3 is 2.89 bits per heavy atom. The zero-order valence-corrected chi connectivity index (χ0v) is 11.2. The molecule has 2 aliphatic carbocycles. The number of aromatic nitrogens is 2. The number of carbonyl (C=O) groups is 1. The quantitative estimate of drug-likeness (QED) is 0.895. The highest BCUT2D eigenvalue weighted by molar-refractivity contribution is 5.92. The topological polar surface area (TPSA) is 72.1 Å². The van der Waals surface area contributed by atoms with Gasteiger partial charge in [-0.2, -0.15) is 0 Å². The lowest BCUT2D eigenvalue weighted by atomic mass is 9.88. The molecule has 102 valence electrons. The van der Waals surface area contributed by atoms with E-state index in [-0.39, 0.29) is 5.91 Å². The van der Waals surface area contributed by atoms with E-state index in [1.807, 2.05) is 7.05 Å². The molecule has 1 amide bonds. The third-order valence-electron chi connectivity index (χ3n) is 4.61. The molecule has 2 saturated carbocycles. The summed E-state index contributed by atoms with van der Waals surface area (Å²) in [5.41, 5.74) is 5.90. The number of nitrogen functional groups attached to an aromatic ring is 1. The predicted octanol–water partition coefficient (Wildman–Crippen LogP) is 1.57. The van der Waals surface area contributed by atoms with Crippen LogP contribution in [0.15, 0.2) is 12.4 Å². The van der Waals surface area contributed by atoms with Crippen molar-refractivity contribution in [1.29, 1.82) is 0 Å². The maximum absolute atomic E-state index is 12.3. The predicted molar refractivity (Wildman–Crippen MR) is 72.3 cm³/mol. The van der Waals surface area contributed by atoms with Crippen LogP contribution in [0.4, 0.5) is 5.82 Å². The van der Waals surface area contributed by atoms with Gasteiger partial charge in [-0.05, 0) is 37.0 Å². The molecular formula is C14H20N4O. The molecular weight excluding hydrogens is 240 g/mol. The maximum Gasteiger partial charge on any atom is 0.273 e. The first-order chi connectivity index (χ1) is 9.13. The molecule has 2 fully saturated rings. The van der Waals surface area contributed by atoms with Crippen LogP contribution in [0.2, 0.25) is 0 Å². The van der Waals surface area contributed by atoms with Crippen molar-refractivity contribution in [2.45, 2.75) is 25.7 Å². The first-order valence-electron chi connectivity index (χ1n) is 6.96. The maximum atomic E-state index is 12.3. The highest BCUT2D eigenvalue weighted by Crippen LogP contribution is 2.48. The van der Waals surface area contributed by atoms with Crippen molar-refractivity contribution in [1.82, 2.24) is 14.9 Å². The molecule has 1 aromatic rings. The van der Waals surface area contributed by atoms with Gasteiger partial charge in [-0.3, -0.25) is 9.78 Å². The lowest BCUT2D eigenvalue weighted by Crippen LogP contribution is -2.34. The summed E-state index contributed by atoms with van der Waals surface area (Å²) in [4.78, 5) is 22.0. The fourth-order valence-electron chi connectivity index (χ4n) is 3.71. The van der Waals surface area contributed by atoms with Crippen molar-refractivity contribution in [3.8, 4) is 0 Å². The third kappa shape index (κ3) is 2.41. The van der Waals surface area contributed by atoms with Gasteiger partial charge in [0, 0.05) is 13.6 Å². The molecule has 5 nitrogen and oxygen atoms in total. The van der Waals surface area contributed by atoms with Gasteiger partial charge in [-0.1, -0.05) is 6.42 Å². The van der Waals surface area contributed by atoms with Crippen LogP contribution in [-0.2, 0) is 0 Å². The number of fused-ring (bicyclic) bond motifs is 2. The molecule has 1 heterocycles. The van der Waals surface area contributed by atoms with Crippen molar-refractivity contribution in [3.05, 3.63) is 18.1 Å². The number of rotatable bonds is 3. The van der Waals surface area contributed by atoms with Crippen LogP contribution in [0, 0.1) is 17.8 Å². The standard InChI is InChI=1S/C14H20N4O/c1-18(8-11-5-9-2-3-10(11)4-9)14(19)12-6-16-7-13(15)17-12/h6-7,9-11H,2-5,8H2,1H3,(H2,15,17). The molecule has 3 unspecified atom stereocenters. The Balaban J connectivity index is 1.64. The Labute approximate surface area is 113 Å². The minimum atomic E-state index is -0.0810. The zero-order chi connectivity index (χ0) is 13.4. The van der Waals surface area contributed by atoms with E-state index in [2.05, 4.69) is 9.97 Å². The minimum Gasteiger partial charge on any atom is -0.382 e. The lowest BCUT2D eigenvalue weighted by Gasteiger charge is -2.27. The van der Waals surface area contributed by atoms with E-state index in [0.717, 1.165) is 18.4 Å². The summed E-state index contributed by atoms with van der Waals surface area (Å²) in [6.07, 6.45) is 8.31. The van der Waals surface area contributed by atoms with Crippen molar-refractivity contribution in [2.24, 2.45) is 17.8 Å². The Bertz CT molecular complexity index is 490. The van der Waals surface area contributed by atoms with Gasteiger partial charge in [0.15, 0.2) is 0 Å². The van der Waals surface area contributed by atoms with Crippen LogP contribution >= 0.6 is 0 Å². The summed E-state index contributed by atoms with van der Waals surface area (Å²) in [5, 5.41) is 0. The third-order valence-corrected chi connectivity index (χ3v) is 4.61. The van der Waals surface area contributed by atoms with Gasteiger partial charge in [-0.15, -0.1) is 0 Å². The van der Waals surface area contributed by atoms with Gasteiger partial charge in [-0.25, -0.2) is 4.98 Å². The first kappa shape index (κ1) is 12.4. The van der Waals surface area contributed by atoms with Crippen molar-refractivity contribution >= 4 is 11.7 Å². The van der Waals surface area contributed by atoms with E-state index in [4.69, 9.17) is 5.73 Å². The monoisotopic (exact) mass is 260 g/mol. The average molecular weight is 260 g/mol. The van der Waals surface area contributed by atoms with E-state index >= 15 is 0 Å². The Kier molecular flexibility index (Phi) is 3.12. The Hall–Kier alpha value is -1.65. The average Bonchev–Trinajstić information content (AvgIpc) is 3.00. The highest BCUT2D eigenvalue weighted by atomic mass is 16.2. The van der Waals surface area contributed by atoms with Gasteiger partial charge >= 0.3 is 0 Å². The van der Waals surface area contributed by atoms with E-state index in [1.54, 1.807) is 4.90 Å². The van der Waals surface area contributed by atoms with Crippen molar-refractivity contribution in [3.63, 3.8) is 0 Å². The molecule has 3 atom stereocenters. The number of nitrogens with two attached hydrogens (primary N) is 1. The summed E-state index contributed by atoms with van der Waals surface area (Å²) in [5.74, 6) is 2.61. The van der Waals surface area contributed by atoms with Gasteiger partial charge in [0.2, 0.25) is 0 Å². The number of nitrogens with zero attached hydrogens (tertiary/aromatic N) is 3. The molecule has 0 spiro atoms. The number of hydrogen-bond acceptors (Lipinski definition) is 4. The van der Waals surface area contributed by atoms with E-state index in [1.165, 1.54) is 38.1 Å². The molecule has 0 saturated heterocycles. The largest absolute Gasteiger partial charge is 0.382 e. The second-order valence-corrected chi connectivity index (χ2v) is 5.95. The summed E-state index contributed by atoms with van der Waals surface area (Å²) in [7, 11) is 1.85. The first-order valence-corrected chi connectivity index (χ1v) is 6.96. The number of anilines is 1. The fourth-order valence-corrected chi connectivity index (χ4v) is 3.71. The smallest absolute Gasteiger partial charge is 0.273 e. The fraction of sp³-hybridized carbons (Fsp3) is 0.643. The van der Waals surface area contributed by atoms with Crippen molar-refractivity contribution < 1.29 is 4.79 Å². The number of amides is 1. The molecule has 2 bridgehead atoms.